The Balaban J connectivity index is 1.93. The summed E-state index contributed by atoms with van der Waals surface area (Å²) in [5, 5.41) is 19.8. The highest BCUT2D eigenvalue weighted by atomic mass is 35.5. The highest BCUT2D eigenvalue weighted by Crippen LogP contribution is 2.37. The number of halogens is 4. The van der Waals surface area contributed by atoms with Gasteiger partial charge in [0, 0.05) is 34.4 Å². The first-order valence-corrected chi connectivity index (χ1v) is 10.4. The molecule has 3 aromatic carbocycles. The second-order valence-electron chi connectivity index (χ2n) is 7.35. The number of hydrogen-bond acceptors (Lipinski definition) is 2. The standard InChI is InChI=1S/C24H20Cl2F2O3/c1-13(15-3-6-17(27)7-4-15)23-21(29)8-5-16(24(23)28)12-18-19(25)10-14(11-20(18)26)2-9-22(30)31/h3-8,10-11,13,29H,2,9,12H2,1H3,(H,30,31). The van der Waals surface area contributed by atoms with Crippen LogP contribution in [-0.2, 0) is 17.6 Å². The van der Waals surface area contributed by atoms with Crippen molar-refractivity contribution in [2.24, 2.45) is 0 Å². The topological polar surface area (TPSA) is 57.5 Å². The van der Waals surface area contributed by atoms with Crippen molar-refractivity contribution < 1.29 is 23.8 Å². The summed E-state index contributed by atoms with van der Waals surface area (Å²) >= 11 is 12.7. The molecule has 0 spiro atoms. The smallest absolute Gasteiger partial charge is 0.303 e. The van der Waals surface area contributed by atoms with Gasteiger partial charge in [-0.15, -0.1) is 0 Å². The molecule has 0 aromatic heterocycles. The Morgan fingerprint density at radius 2 is 1.65 bits per heavy atom. The summed E-state index contributed by atoms with van der Waals surface area (Å²) in [5.41, 5.74) is 2.25. The SMILES string of the molecule is CC(c1ccc(F)cc1)c1c(O)ccc(Cc2c(Cl)cc(CCC(=O)O)cc2Cl)c1F. The van der Waals surface area contributed by atoms with E-state index in [1.165, 1.54) is 24.3 Å². The molecule has 1 unspecified atom stereocenters. The number of carbonyl (C=O) groups is 1. The van der Waals surface area contributed by atoms with Gasteiger partial charge in [0.25, 0.3) is 0 Å². The maximum atomic E-state index is 15.4. The third-order valence-corrected chi connectivity index (χ3v) is 5.91. The molecule has 0 amide bonds. The Labute approximate surface area is 188 Å². The largest absolute Gasteiger partial charge is 0.508 e. The number of aliphatic carboxylic acids is 1. The molecule has 7 heteroatoms. The van der Waals surface area contributed by atoms with Gasteiger partial charge in [-0.3, -0.25) is 4.79 Å². The van der Waals surface area contributed by atoms with Crippen LogP contribution in [-0.4, -0.2) is 16.2 Å². The van der Waals surface area contributed by atoms with E-state index in [4.69, 9.17) is 28.3 Å². The summed E-state index contributed by atoms with van der Waals surface area (Å²) in [5.74, 6) is -2.61. The van der Waals surface area contributed by atoms with Gasteiger partial charge in [-0.25, -0.2) is 8.78 Å². The molecule has 0 aliphatic heterocycles. The summed E-state index contributed by atoms with van der Waals surface area (Å²) in [6, 6.07) is 11.8. The molecule has 162 valence electrons. The molecule has 0 fully saturated rings. The number of aromatic hydroxyl groups is 1. The molecule has 0 saturated heterocycles. The Morgan fingerprint density at radius 1 is 1.03 bits per heavy atom. The van der Waals surface area contributed by atoms with Crippen molar-refractivity contribution in [3.63, 3.8) is 0 Å². The van der Waals surface area contributed by atoms with Crippen molar-refractivity contribution in [2.45, 2.75) is 32.1 Å². The van der Waals surface area contributed by atoms with Gasteiger partial charge in [0.05, 0.1) is 0 Å². The fourth-order valence-corrected chi connectivity index (χ4v) is 4.17. The molecule has 31 heavy (non-hydrogen) atoms. The molecule has 0 radical (unpaired) electrons. The van der Waals surface area contributed by atoms with Crippen LogP contribution in [0, 0.1) is 11.6 Å². The Hall–Kier alpha value is -2.63. The summed E-state index contributed by atoms with van der Waals surface area (Å²) < 4.78 is 28.6. The maximum absolute atomic E-state index is 15.4. The van der Waals surface area contributed by atoms with Gasteiger partial charge in [-0.2, -0.15) is 0 Å². The molecule has 0 aliphatic rings. The van der Waals surface area contributed by atoms with E-state index in [0.717, 1.165) is 0 Å². The molecule has 3 aromatic rings. The summed E-state index contributed by atoms with van der Waals surface area (Å²) in [7, 11) is 0. The molecule has 0 bridgehead atoms. The first kappa shape index (κ1) is 23.0. The molecule has 2 N–H and O–H groups in total. The zero-order valence-corrected chi connectivity index (χ0v) is 18.1. The Bertz CT molecular complexity index is 1090. The lowest BCUT2D eigenvalue weighted by atomic mass is 9.89. The number of phenolic OH excluding ortho intramolecular Hbond substituents is 1. The van der Waals surface area contributed by atoms with Crippen LogP contribution in [0.3, 0.4) is 0 Å². The van der Waals surface area contributed by atoms with Crippen molar-refractivity contribution >= 4 is 29.2 Å². The van der Waals surface area contributed by atoms with Gasteiger partial charge in [0.1, 0.15) is 17.4 Å². The van der Waals surface area contributed by atoms with Crippen molar-refractivity contribution in [3.05, 3.63) is 98.0 Å². The van der Waals surface area contributed by atoms with E-state index in [-0.39, 0.29) is 30.6 Å². The number of carboxylic acids is 1. The summed E-state index contributed by atoms with van der Waals surface area (Å²) in [4.78, 5) is 10.8. The van der Waals surface area contributed by atoms with Crippen LogP contribution in [0.15, 0.2) is 48.5 Å². The Kier molecular flexibility index (Phi) is 7.19. The van der Waals surface area contributed by atoms with E-state index < -0.39 is 23.5 Å². The molecule has 3 rings (SSSR count). The lowest BCUT2D eigenvalue weighted by Gasteiger charge is -2.18. The van der Waals surface area contributed by atoms with Gasteiger partial charge in [-0.05, 0) is 59.0 Å². The van der Waals surface area contributed by atoms with Crippen LogP contribution in [0.4, 0.5) is 8.78 Å². The van der Waals surface area contributed by atoms with Crippen LogP contribution in [0.5, 0.6) is 5.75 Å². The van der Waals surface area contributed by atoms with Gasteiger partial charge in [0.15, 0.2) is 0 Å². The van der Waals surface area contributed by atoms with Crippen LogP contribution >= 0.6 is 23.2 Å². The van der Waals surface area contributed by atoms with Crippen molar-refractivity contribution in [3.8, 4) is 5.75 Å². The van der Waals surface area contributed by atoms with E-state index in [0.29, 0.717) is 32.3 Å². The number of rotatable bonds is 7. The van der Waals surface area contributed by atoms with E-state index in [1.807, 2.05) is 0 Å². The van der Waals surface area contributed by atoms with Crippen molar-refractivity contribution in [1.29, 1.82) is 0 Å². The molecule has 0 saturated carbocycles. The van der Waals surface area contributed by atoms with Gasteiger partial charge >= 0.3 is 5.97 Å². The first-order valence-electron chi connectivity index (χ1n) is 9.61. The van der Waals surface area contributed by atoms with Crippen molar-refractivity contribution in [2.75, 3.05) is 0 Å². The highest BCUT2D eigenvalue weighted by molar-refractivity contribution is 6.36. The summed E-state index contributed by atoms with van der Waals surface area (Å²) in [6.45, 7) is 1.73. The number of hydrogen-bond donors (Lipinski definition) is 2. The predicted molar refractivity (Wildman–Crippen MR) is 117 cm³/mol. The Morgan fingerprint density at radius 3 is 2.23 bits per heavy atom. The van der Waals surface area contributed by atoms with E-state index in [9.17, 15) is 14.3 Å². The van der Waals surface area contributed by atoms with Crippen molar-refractivity contribution in [1.82, 2.24) is 0 Å². The minimum atomic E-state index is -0.926. The first-order chi connectivity index (χ1) is 14.7. The quantitative estimate of drug-likeness (QED) is 0.407. The number of benzene rings is 3. The lowest BCUT2D eigenvalue weighted by molar-refractivity contribution is -0.136. The molecule has 0 aliphatic carbocycles. The van der Waals surface area contributed by atoms with Gasteiger partial charge in [0.2, 0.25) is 0 Å². The molecule has 3 nitrogen and oxygen atoms in total. The van der Waals surface area contributed by atoms with Crippen LogP contribution in [0.2, 0.25) is 10.0 Å². The zero-order valence-electron chi connectivity index (χ0n) is 16.6. The van der Waals surface area contributed by atoms with Crippen LogP contribution in [0.1, 0.15) is 47.1 Å². The molecule has 0 heterocycles. The highest BCUT2D eigenvalue weighted by Gasteiger charge is 2.22. The molecular weight excluding hydrogens is 445 g/mol. The van der Waals surface area contributed by atoms with Gasteiger partial charge in [-0.1, -0.05) is 48.3 Å². The lowest BCUT2D eigenvalue weighted by Crippen LogP contribution is -2.05. The van der Waals surface area contributed by atoms with Crippen LogP contribution in [0.25, 0.3) is 0 Å². The third-order valence-electron chi connectivity index (χ3n) is 5.24. The predicted octanol–water partition coefficient (Wildman–Crippen LogP) is 6.74. The molecule has 1 atom stereocenters. The number of aryl methyl sites for hydroxylation is 1. The van der Waals surface area contributed by atoms with E-state index >= 15 is 4.39 Å². The fourth-order valence-electron chi connectivity index (χ4n) is 3.50. The average Bonchev–Trinajstić information content (AvgIpc) is 2.71. The monoisotopic (exact) mass is 464 g/mol. The summed E-state index contributed by atoms with van der Waals surface area (Å²) in [6.07, 6.45) is 0.317. The number of carboxylic acid groups (broad SMARTS) is 1. The minimum Gasteiger partial charge on any atom is -0.508 e. The normalized spacial score (nSPS) is 12.0. The van der Waals surface area contributed by atoms with Gasteiger partial charge < -0.3 is 10.2 Å². The fraction of sp³-hybridized carbons (Fsp3) is 0.208. The minimum absolute atomic E-state index is 0.0524. The third kappa shape index (κ3) is 5.35. The van der Waals surface area contributed by atoms with E-state index in [1.54, 1.807) is 31.2 Å². The number of phenols is 1. The zero-order chi connectivity index (χ0) is 22.7. The second kappa shape index (κ2) is 9.67. The van der Waals surface area contributed by atoms with Crippen LogP contribution < -0.4 is 0 Å². The molecular formula is C24H20Cl2F2O3. The maximum Gasteiger partial charge on any atom is 0.303 e. The van der Waals surface area contributed by atoms with E-state index in [2.05, 4.69) is 0 Å². The average molecular weight is 465 g/mol. The second-order valence-corrected chi connectivity index (χ2v) is 8.17.